The van der Waals surface area contributed by atoms with Crippen LogP contribution in [0.1, 0.15) is 44.6 Å². The summed E-state index contributed by atoms with van der Waals surface area (Å²) in [5.41, 5.74) is 2.26. The zero-order valence-electron chi connectivity index (χ0n) is 14.5. The number of pyridine rings is 1. The molecule has 2 saturated heterocycles. The highest BCUT2D eigenvalue weighted by Crippen LogP contribution is 2.38. The molecule has 0 aliphatic carbocycles. The summed E-state index contributed by atoms with van der Waals surface area (Å²) in [6.07, 6.45) is 7.73. The van der Waals surface area contributed by atoms with Crippen molar-refractivity contribution in [3.63, 3.8) is 0 Å². The fraction of sp³-hybridized carbons (Fsp3) is 0.632. The molecule has 5 nitrogen and oxygen atoms in total. The van der Waals surface area contributed by atoms with Gasteiger partial charge in [-0.2, -0.15) is 0 Å². The number of fused-ring (bicyclic) bond motifs is 1. The molecule has 4 atom stereocenters. The Morgan fingerprint density at radius 2 is 2.17 bits per heavy atom. The summed E-state index contributed by atoms with van der Waals surface area (Å²) in [4.78, 5) is 7.84. The minimum absolute atomic E-state index is 0.232. The summed E-state index contributed by atoms with van der Waals surface area (Å²) in [7, 11) is 0. The fourth-order valence-electron chi connectivity index (χ4n) is 4.13. The standard InChI is InChI=1S/C19H27N3O2/c1-12-7-15(10-20-9-12)24-17-3-5-21-19-18(17)16(11-22-19)14-4-6-23-13(2)8-14/h3,5,11-15,20H,4,6-10H2,1-2H3,(H,21,22)/t12-,13?,14?,15+/m0/s1. The first-order valence-electron chi connectivity index (χ1n) is 9.15. The summed E-state index contributed by atoms with van der Waals surface area (Å²) in [5, 5.41) is 4.63. The fourth-order valence-corrected chi connectivity index (χ4v) is 4.13. The molecule has 5 heteroatoms. The van der Waals surface area contributed by atoms with Crippen molar-refractivity contribution in [2.24, 2.45) is 5.92 Å². The third kappa shape index (κ3) is 3.15. The van der Waals surface area contributed by atoms with Crippen LogP contribution < -0.4 is 10.1 Å². The maximum atomic E-state index is 6.40. The third-order valence-corrected chi connectivity index (χ3v) is 5.31. The molecule has 0 aromatic carbocycles. The van der Waals surface area contributed by atoms with Crippen molar-refractivity contribution in [1.82, 2.24) is 15.3 Å². The molecule has 4 heterocycles. The Morgan fingerprint density at radius 3 is 3.00 bits per heavy atom. The Balaban J connectivity index is 1.64. The van der Waals surface area contributed by atoms with E-state index in [1.54, 1.807) is 0 Å². The second-order valence-electron chi connectivity index (χ2n) is 7.42. The highest BCUT2D eigenvalue weighted by molar-refractivity contribution is 5.86. The van der Waals surface area contributed by atoms with Gasteiger partial charge in [0.2, 0.25) is 0 Å². The maximum absolute atomic E-state index is 6.40. The zero-order valence-corrected chi connectivity index (χ0v) is 14.5. The van der Waals surface area contributed by atoms with Crippen LogP contribution in [0.5, 0.6) is 5.75 Å². The number of H-pyrrole nitrogens is 1. The lowest BCUT2D eigenvalue weighted by atomic mass is 9.89. The van der Waals surface area contributed by atoms with Gasteiger partial charge in [-0.1, -0.05) is 6.92 Å². The van der Waals surface area contributed by atoms with Crippen molar-refractivity contribution in [2.75, 3.05) is 19.7 Å². The van der Waals surface area contributed by atoms with Gasteiger partial charge in [-0.15, -0.1) is 0 Å². The molecular weight excluding hydrogens is 302 g/mol. The van der Waals surface area contributed by atoms with E-state index in [1.807, 2.05) is 12.3 Å². The Labute approximate surface area is 143 Å². The van der Waals surface area contributed by atoms with Crippen LogP contribution >= 0.6 is 0 Å². The first-order chi connectivity index (χ1) is 11.7. The second-order valence-corrected chi connectivity index (χ2v) is 7.42. The Bertz CT molecular complexity index is 699. The minimum atomic E-state index is 0.232. The van der Waals surface area contributed by atoms with Crippen molar-refractivity contribution in [3.05, 3.63) is 24.0 Å². The first kappa shape index (κ1) is 15.9. The smallest absolute Gasteiger partial charge is 0.141 e. The molecule has 2 aromatic rings. The number of rotatable bonds is 3. The molecule has 4 rings (SSSR count). The van der Waals surface area contributed by atoms with Crippen LogP contribution in [0.2, 0.25) is 0 Å². The topological polar surface area (TPSA) is 59.2 Å². The van der Waals surface area contributed by atoms with Gasteiger partial charge >= 0.3 is 0 Å². The molecule has 2 aliphatic heterocycles. The van der Waals surface area contributed by atoms with Gasteiger partial charge in [0.25, 0.3) is 0 Å². The van der Waals surface area contributed by atoms with Crippen molar-refractivity contribution in [2.45, 2.75) is 51.2 Å². The van der Waals surface area contributed by atoms with E-state index in [2.05, 4.69) is 35.3 Å². The Morgan fingerprint density at radius 1 is 1.25 bits per heavy atom. The lowest BCUT2D eigenvalue weighted by Crippen LogP contribution is -2.41. The van der Waals surface area contributed by atoms with E-state index in [0.717, 1.165) is 55.7 Å². The number of hydrogen-bond acceptors (Lipinski definition) is 4. The van der Waals surface area contributed by atoms with Crippen molar-refractivity contribution >= 4 is 11.0 Å². The summed E-state index contributed by atoms with van der Waals surface area (Å²) < 4.78 is 12.1. The average Bonchev–Trinajstić information content (AvgIpc) is 3.00. The zero-order chi connectivity index (χ0) is 16.5. The van der Waals surface area contributed by atoms with Crippen molar-refractivity contribution in [3.8, 4) is 5.75 Å². The molecule has 24 heavy (non-hydrogen) atoms. The Kier molecular flexibility index (Phi) is 4.46. The molecule has 0 radical (unpaired) electrons. The number of nitrogens with zero attached hydrogens (tertiary/aromatic N) is 1. The normalized spacial score (nSPS) is 31.2. The van der Waals surface area contributed by atoms with Gasteiger partial charge in [0.1, 0.15) is 17.5 Å². The van der Waals surface area contributed by atoms with Gasteiger partial charge in [-0.25, -0.2) is 4.98 Å². The summed E-state index contributed by atoms with van der Waals surface area (Å²) in [6.45, 7) is 7.27. The van der Waals surface area contributed by atoms with Crippen LogP contribution in [0.15, 0.2) is 18.5 Å². The number of ether oxygens (including phenoxy) is 2. The number of hydrogen-bond donors (Lipinski definition) is 2. The molecule has 2 N–H and O–H groups in total. The summed E-state index contributed by atoms with van der Waals surface area (Å²) >= 11 is 0. The third-order valence-electron chi connectivity index (χ3n) is 5.31. The van der Waals surface area contributed by atoms with Gasteiger partial charge in [-0.05, 0) is 56.2 Å². The van der Waals surface area contributed by atoms with Crippen LogP contribution in [-0.4, -0.2) is 41.9 Å². The average molecular weight is 329 g/mol. The van der Waals surface area contributed by atoms with Gasteiger partial charge < -0.3 is 19.8 Å². The SMILES string of the molecule is CC1CC(c2c[nH]c3nccc(O[C@H]4CNC[C@@H](C)C4)c23)CCO1. The monoisotopic (exact) mass is 329 g/mol. The van der Waals surface area contributed by atoms with Gasteiger partial charge in [0.15, 0.2) is 0 Å². The first-order valence-corrected chi connectivity index (χ1v) is 9.15. The van der Waals surface area contributed by atoms with E-state index >= 15 is 0 Å². The van der Waals surface area contributed by atoms with E-state index in [9.17, 15) is 0 Å². The maximum Gasteiger partial charge on any atom is 0.141 e. The molecule has 130 valence electrons. The summed E-state index contributed by atoms with van der Waals surface area (Å²) in [6, 6.07) is 2.02. The second kappa shape index (κ2) is 6.73. The van der Waals surface area contributed by atoms with Crippen molar-refractivity contribution < 1.29 is 9.47 Å². The van der Waals surface area contributed by atoms with E-state index < -0.39 is 0 Å². The van der Waals surface area contributed by atoms with E-state index in [-0.39, 0.29) is 6.10 Å². The largest absolute Gasteiger partial charge is 0.488 e. The predicted octanol–water partition coefficient (Wildman–Crippen LogP) is 3.22. The molecule has 2 aliphatic rings. The van der Waals surface area contributed by atoms with Gasteiger partial charge in [0.05, 0.1) is 11.5 Å². The van der Waals surface area contributed by atoms with Crippen LogP contribution in [0, 0.1) is 5.92 Å². The summed E-state index contributed by atoms with van der Waals surface area (Å²) in [5.74, 6) is 2.14. The van der Waals surface area contributed by atoms with E-state index in [0.29, 0.717) is 17.9 Å². The number of aromatic nitrogens is 2. The highest BCUT2D eigenvalue weighted by Gasteiger charge is 2.26. The number of nitrogens with one attached hydrogen (secondary N) is 2. The molecular formula is C19H27N3O2. The molecule has 0 bridgehead atoms. The lowest BCUT2D eigenvalue weighted by Gasteiger charge is -2.29. The van der Waals surface area contributed by atoms with Crippen LogP contribution in [0.4, 0.5) is 0 Å². The lowest BCUT2D eigenvalue weighted by molar-refractivity contribution is 0.0188. The minimum Gasteiger partial charge on any atom is -0.488 e. The predicted molar refractivity (Wildman–Crippen MR) is 94.5 cm³/mol. The molecule has 2 aromatic heterocycles. The molecule has 2 fully saturated rings. The molecule has 0 saturated carbocycles. The van der Waals surface area contributed by atoms with Gasteiger partial charge in [-0.3, -0.25) is 0 Å². The van der Waals surface area contributed by atoms with Crippen LogP contribution in [0.25, 0.3) is 11.0 Å². The molecule has 2 unspecified atom stereocenters. The quantitative estimate of drug-likeness (QED) is 0.908. The Hall–Kier alpha value is -1.59. The van der Waals surface area contributed by atoms with E-state index in [1.165, 1.54) is 5.56 Å². The van der Waals surface area contributed by atoms with E-state index in [4.69, 9.17) is 9.47 Å². The highest BCUT2D eigenvalue weighted by atomic mass is 16.5. The number of aromatic amines is 1. The number of piperidine rings is 1. The molecule has 0 amide bonds. The van der Waals surface area contributed by atoms with Crippen molar-refractivity contribution in [1.29, 1.82) is 0 Å². The van der Waals surface area contributed by atoms with Crippen LogP contribution in [-0.2, 0) is 4.74 Å². The van der Waals surface area contributed by atoms with Crippen LogP contribution in [0.3, 0.4) is 0 Å². The molecule has 0 spiro atoms. The van der Waals surface area contributed by atoms with Gasteiger partial charge in [0, 0.05) is 25.5 Å².